The second-order valence-electron chi connectivity index (χ2n) is 14.8. The van der Waals surface area contributed by atoms with E-state index in [-0.39, 0.29) is 35.2 Å². The lowest BCUT2D eigenvalue weighted by Crippen LogP contribution is -2.65. The number of fused-ring (bicyclic) bond motifs is 5. The molecule has 10 nitrogen and oxygen atoms in total. The number of nitrogens with one attached hydrogen (secondary N) is 1. The van der Waals surface area contributed by atoms with Crippen LogP contribution in [0, 0.1) is 46.3 Å². The van der Waals surface area contributed by atoms with Gasteiger partial charge in [-0.15, -0.1) is 0 Å². The first kappa shape index (κ1) is 32.1. The zero-order valence-electron chi connectivity index (χ0n) is 25.7. The summed E-state index contributed by atoms with van der Waals surface area (Å²) in [5, 5.41) is 54.4. The number of hydrogen-bond donors (Lipinski definition) is 6. The van der Waals surface area contributed by atoms with Gasteiger partial charge in [-0.05, 0) is 104 Å². The number of ether oxygens (including phenoxy) is 2. The van der Waals surface area contributed by atoms with E-state index in [0.29, 0.717) is 36.0 Å². The minimum Gasteiger partial charge on any atom is -0.481 e. The van der Waals surface area contributed by atoms with Gasteiger partial charge < -0.3 is 40.3 Å². The highest BCUT2D eigenvalue weighted by atomic mass is 16.7. The summed E-state index contributed by atoms with van der Waals surface area (Å²) in [7, 11) is 0. The van der Waals surface area contributed by atoms with E-state index < -0.39 is 49.3 Å². The summed E-state index contributed by atoms with van der Waals surface area (Å²) < 4.78 is 12.3. The molecule has 0 aromatic heterocycles. The van der Waals surface area contributed by atoms with Crippen molar-refractivity contribution in [3.8, 4) is 0 Å². The molecule has 0 spiro atoms. The maximum absolute atomic E-state index is 11.9. The predicted molar refractivity (Wildman–Crippen MR) is 153 cm³/mol. The van der Waals surface area contributed by atoms with Crippen LogP contribution in [0.3, 0.4) is 0 Å². The Labute approximate surface area is 249 Å². The Kier molecular flexibility index (Phi) is 9.36. The molecule has 5 aliphatic rings. The van der Waals surface area contributed by atoms with Gasteiger partial charge in [-0.3, -0.25) is 9.59 Å². The molecule has 15 atom stereocenters. The van der Waals surface area contributed by atoms with Crippen LogP contribution in [-0.2, 0) is 19.1 Å². The Morgan fingerprint density at radius 1 is 1.02 bits per heavy atom. The van der Waals surface area contributed by atoms with Crippen LogP contribution in [0.25, 0.3) is 0 Å². The van der Waals surface area contributed by atoms with Gasteiger partial charge in [0.25, 0.3) is 0 Å². The van der Waals surface area contributed by atoms with Crippen molar-refractivity contribution in [3.63, 3.8) is 0 Å². The first-order valence-corrected chi connectivity index (χ1v) is 16.3. The number of aliphatic hydroxyl groups excluding tert-OH is 4. The van der Waals surface area contributed by atoms with Crippen molar-refractivity contribution < 1.29 is 44.6 Å². The predicted octanol–water partition coefficient (Wildman–Crippen LogP) is 2.45. The smallest absolute Gasteiger partial charge is 0.303 e. The molecular formula is C32H53NO9. The summed E-state index contributed by atoms with van der Waals surface area (Å²) in [5.41, 5.74) is -0.0970. The summed E-state index contributed by atoms with van der Waals surface area (Å²) in [6.07, 6.45) is 3.37. The van der Waals surface area contributed by atoms with Crippen molar-refractivity contribution in [2.45, 2.75) is 135 Å². The minimum absolute atomic E-state index is 0.0753. The molecule has 4 saturated carbocycles. The van der Waals surface area contributed by atoms with Crippen molar-refractivity contribution in [2.75, 3.05) is 6.61 Å². The quantitative estimate of drug-likeness (QED) is 0.231. The van der Waals surface area contributed by atoms with Crippen LogP contribution in [-0.4, -0.2) is 86.9 Å². The molecule has 1 heterocycles. The van der Waals surface area contributed by atoms with Crippen LogP contribution >= 0.6 is 0 Å². The fourth-order valence-corrected chi connectivity index (χ4v) is 10.6. The van der Waals surface area contributed by atoms with Crippen LogP contribution in [0.2, 0.25) is 0 Å². The number of rotatable bonds is 8. The van der Waals surface area contributed by atoms with E-state index in [0.717, 1.165) is 51.4 Å². The van der Waals surface area contributed by atoms with E-state index in [1.165, 1.54) is 6.92 Å². The van der Waals surface area contributed by atoms with Gasteiger partial charge in [0.2, 0.25) is 5.91 Å². The molecule has 6 N–H and O–H groups in total. The van der Waals surface area contributed by atoms with Gasteiger partial charge in [0.05, 0.1) is 18.8 Å². The third-order valence-corrected chi connectivity index (χ3v) is 12.9. The Hall–Kier alpha value is -1.30. The average Bonchev–Trinajstić information content (AvgIpc) is 3.30. The maximum atomic E-state index is 11.9. The van der Waals surface area contributed by atoms with Crippen LogP contribution in [0.4, 0.5) is 0 Å². The second-order valence-corrected chi connectivity index (χ2v) is 14.8. The van der Waals surface area contributed by atoms with Gasteiger partial charge in [-0.25, -0.2) is 0 Å². The molecule has 0 aromatic carbocycles. The lowest BCUT2D eigenvalue weighted by atomic mass is 9.43. The first-order valence-electron chi connectivity index (χ1n) is 16.3. The highest BCUT2D eigenvalue weighted by molar-refractivity contribution is 5.73. The number of aliphatic carboxylic acids is 1. The van der Waals surface area contributed by atoms with E-state index in [4.69, 9.17) is 9.47 Å². The first-order chi connectivity index (χ1) is 19.8. The lowest BCUT2D eigenvalue weighted by molar-refractivity contribution is -0.289. The molecule has 0 aromatic rings. The van der Waals surface area contributed by atoms with Gasteiger partial charge in [0.15, 0.2) is 6.29 Å². The highest BCUT2D eigenvalue weighted by Crippen LogP contribution is 2.68. The van der Waals surface area contributed by atoms with Gasteiger partial charge >= 0.3 is 5.97 Å². The summed E-state index contributed by atoms with van der Waals surface area (Å²) in [4.78, 5) is 23.1. The van der Waals surface area contributed by atoms with Crippen molar-refractivity contribution in [2.24, 2.45) is 46.3 Å². The minimum atomic E-state index is -1.34. The molecule has 1 amide bonds. The van der Waals surface area contributed by atoms with Crippen molar-refractivity contribution in [3.05, 3.63) is 0 Å². The number of carbonyl (C=O) groups is 2. The van der Waals surface area contributed by atoms with E-state index >= 15 is 0 Å². The normalized spacial score (nSPS) is 49.3. The number of carboxylic acids is 1. The maximum Gasteiger partial charge on any atom is 0.303 e. The zero-order chi connectivity index (χ0) is 30.6. The van der Waals surface area contributed by atoms with Gasteiger partial charge in [0, 0.05) is 13.3 Å². The van der Waals surface area contributed by atoms with Crippen molar-refractivity contribution in [1.29, 1.82) is 0 Å². The van der Waals surface area contributed by atoms with Gasteiger partial charge in [-0.2, -0.15) is 0 Å². The zero-order valence-corrected chi connectivity index (χ0v) is 25.7. The van der Waals surface area contributed by atoms with E-state index in [1.54, 1.807) is 0 Å². The molecule has 1 saturated heterocycles. The number of amides is 1. The molecule has 10 heteroatoms. The summed E-state index contributed by atoms with van der Waals surface area (Å²) in [6.45, 7) is 7.73. The molecule has 1 aliphatic heterocycles. The third-order valence-electron chi connectivity index (χ3n) is 12.9. The van der Waals surface area contributed by atoms with Crippen LogP contribution in [0.5, 0.6) is 0 Å². The van der Waals surface area contributed by atoms with Gasteiger partial charge in [-0.1, -0.05) is 20.8 Å². The Bertz CT molecular complexity index is 995. The van der Waals surface area contributed by atoms with Crippen LogP contribution in [0.1, 0.15) is 91.9 Å². The molecule has 0 bridgehead atoms. The molecule has 0 unspecified atom stereocenters. The highest BCUT2D eigenvalue weighted by Gasteiger charge is 2.64. The van der Waals surface area contributed by atoms with E-state index in [2.05, 4.69) is 26.1 Å². The average molecular weight is 596 g/mol. The fraction of sp³-hybridized carbons (Fsp3) is 0.938. The third kappa shape index (κ3) is 5.53. The van der Waals surface area contributed by atoms with Crippen molar-refractivity contribution in [1.82, 2.24) is 5.32 Å². The SMILES string of the molecule is CC(=O)N[C@H]1[C@H](O[C@@H]2CC[C@@]3(C)[C@H](CC[C@@H]4[C@@H]3C[C@H](O)[C@]3(C)[C@@H]([C@H](C)CCC(=O)O)CC[C@@H]43)C2)O[C@H](CO)[C@@H](O)[C@@H]1O. The molecule has 4 aliphatic carbocycles. The van der Waals surface area contributed by atoms with E-state index in [9.17, 15) is 35.1 Å². The van der Waals surface area contributed by atoms with Crippen LogP contribution < -0.4 is 5.32 Å². The summed E-state index contributed by atoms with van der Waals surface area (Å²) in [6, 6.07) is -0.941. The molecule has 5 fully saturated rings. The molecule has 42 heavy (non-hydrogen) atoms. The molecule has 0 radical (unpaired) electrons. The van der Waals surface area contributed by atoms with E-state index in [1.807, 2.05) is 0 Å². The van der Waals surface area contributed by atoms with Crippen LogP contribution in [0.15, 0.2) is 0 Å². The van der Waals surface area contributed by atoms with Gasteiger partial charge in [0.1, 0.15) is 24.4 Å². The summed E-state index contributed by atoms with van der Waals surface area (Å²) in [5.74, 6) is 1.34. The molecule has 240 valence electrons. The lowest BCUT2D eigenvalue weighted by Gasteiger charge is -2.62. The molecule has 5 rings (SSSR count). The molecular weight excluding hydrogens is 542 g/mol. The fourth-order valence-electron chi connectivity index (χ4n) is 10.6. The largest absolute Gasteiger partial charge is 0.481 e. The summed E-state index contributed by atoms with van der Waals surface area (Å²) >= 11 is 0. The van der Waals surface area contributed by atoms with Crippen molar-refractivity contribution >= 4 is 11.9 Å². The number of aliphatic hydroxyl groups is 4. The Morgan fingerprint density at radius 3 is 2.43 bits per heavy atom. The number of hydrogen-bond acceptors (Lipinski definition) is 8. The Morgan fingerprint density at radius 2 is 1.76 bits per heavy atom. The monoisotopic (exact) mass is 595 g/mol. The topological polar surface area (TPSA) is 166 Å². The Balaban J connectivity index is 1.27. The second kappa shape index (κ2) is 12.2. The number of carbonyl (C=O) groups excluding carboxylic acids is 1. The standard InChI is InChI=1S/C32H53NO9/c1-16(5-10-26(37)38)21-8-9-22-20-7-6-18-13-19(11-12-31(18,3)23(20)14-25(36)32(21,22)4)41-30-27(33-17(2)35)29(40)28(39)24(15-34)42-30/h16,18-25,27-30,34,36,39-40H,5-15H2,1-4H3,(H,33,35)(H,37,38)/t16-,18-,19-,20+,21-,22+,23+,24-,25+,27-,28-,29-,30-,31+,32-/m1/s1. The number of carboxylic acid groups (broad SMARTS) is 1.